The normalized spacial score (nSPS) is 18.3. The van der Waals surface area contributed by atoms with Crippen LogP contribution in [0, 0.1) is 0 Å². The van der Waals surface area contributed by atoms with E-state index in [-0.39, 0.29) is 11.4 Å². The summed E-state index contributed by atoms with van der Waals surface area (Å²) in [6.07, 6.45) is 3.64. The summed E-state index contributed by atoms with van der Waals surface area (Å²) in [5.74, 6) is 0.820. The molecule has 0 atom stereocenters. The van der Waals surface area contributed by atoms with Crippen molar-refractivity contribution >= 4 is 5.91 Å². The van der Waals surface area contributed by atoms with Crippen molar-refractivity contribution in [3.63, 3.8) is 0 Å². The molecule has 1 aromatic carbocycles. The summed E-state index contributed by atoms with van der Waals surface area (Å²) in [5.41, 5.74) is 6.73. The van der Waals surface area contributed by atoms with Crippen molar-refractivity contribution in [1.29, 1.82) is 0 Å². The molecule has 1 aliphatic carbocycles. The Morgan fingerprint density at radius 1 is 1.17 bits per heavy atom. The molecule has 3 aromatic rings. The largest absolute Gasteiger partial charge is 0.497 e. The fourth-order valence-electron chi connectivity index (χ4n) is 4.66. The van der Waals surface area contributed by atoms with Crippen LogP contribution in [0.1, 0.15) is 21.6 Å². The lowest BCUT2D eigenvalue weighted by atomic mass is 9.87. The topological polar surface area (TPSA) is 81.1 Å². The second-order valence-electron chi connectivity index (χ2n) is 8.13. The highest BCUT2D eigenvalue weighted by Crippen LogP contribution is 2.38. The minimum atomic E-state index is -0.186. The fourth-order valence-corrected chi connectivity index (χ4v) is 4.66. The number of pyridine rings is 1. The van der Waals surface area contributed by atoms with E-state index in [9.17, 15) is 4.79 Å². The van der Waals surface area contributed by atoms with Gasteiger partial charge in [0.25, 0.3) is 5.91 Å². The number of nitrogens with zero attached hydrogens (tertiary/aromatic N) is 3. The van der Waals surface area contributed by atoms with E-state index in [2.05, 4.69) is 21.7 Å². The maximum absolute atomic E-state index is 12.9. The van der Waals surface area contributed by atoms with E-state index in [1.54, 1.807) is 7.11 Å². The highest BCUT2D eigenvalue weighted by atomic mass is 16.5. The number of aromatic nitrogens is 3. The van der Waals surface area contributed by atoms with E-state index in [1.165, 1.54) is 5.56 Å². The van der Waals surface area contributed by atoms with Crippen molar-refractivity contribution in [3.05, 3.63) is 53.3 Å². The first-order chi connectivity index (χ1) is 14.2. The van der Waals surface area contributed by atoms with E-state index in [0.717, 1.165) is 72.0 Å². The Morgan fingerprint density at radius 3 is 2.72 bits per heavy atom. The lowest BCUT2D eigenvalue weighted by molar-refractivity contribution is 0.0751. The Morgan fingerprint density at radius 2 is 2.00 bits per heavy atom. The van der Waals surface area contributed by atoms with Gasteiger partial charge in [0.05, 0.1) is 30.6 Å². The van der Waals surface area contributed by atoms with Gasteiger partial charge in [0.15, 0.2) is 0 Å². The summed E-state index contributed by atoms with van der Waals surface area (Å²) >= 11 is 0. The zero-order chi connectivity index (χ0) is 19.6. The number of hydrogen-bond acceptors (Lipinski definition) is 5. The third kappa shape index (κ3) is 2.43. The molecule has 6 rings (SSSR count). The molecule has 29 heavy (non-hydrogen) atoms. The van der Waals surface area contributed by atoms with Gasteiger partial charge in [-0.3, -0.25) is 14.5 Å². The third-order valence-electron chi connectivity index (χ3n) is 6.30. The van der Waals surface area contributed by atoms with E-state index in [1.807, 2.05) is 35.1 Å². The summed E-state index contributed by atoms with van der Waals surface area (Å²) in [7, 11) is 1.66. The van der Waals surface area contributed by atoms with Gasteiger partial charge in [0.2, 0.25) is 0 Å². The molecule has 1 saturated heterocycles. The van der Waals surface area contributed by atoms with Gasteiger partial charge in [-0.15, -0.1) is 0 Å². The van der Waals surface area contributed by atoms with Crippen molar-refractivity contribution in [1.82, 2.24) is 25.4 Å². The number of aryl methyl sites for hydroxylation is 1. The number of methoxy groups -OCH3 is 1. The van der Waals surface area contributed by atoms with Crippen LogP contribution in [0.5, 0.6) is 5.75 Å². The second-order valence-corrected chi connectivity index (χ2v) is 8.13. The number of ether oxygens (including phenoxy) is 1. The number of nitrogens with one attached hydrogen (secondary N) is 2. The number of rotatable bonds is 2. The molecule has 0 unspecified atom stereocenters. The van der Waals surface area contributed by atoms with Gasteiger partial charge in [0, 0.05) is 36.0 Å². The smallest absolute Gasteiger partial charge is 0.270 e. The Labute approximate surface area is 168 Å². The number of carbonyl (C=O) groups excluding carboxylic acids is 1. The monoisotopic (exact) mass is 387 g/mol. The Kier molecular flexibility index (Phi) is 3.41. The van der Waals surface area contributed by atoms with Crippen LogP contribution in [0.25, 0.3) is 22.5 Å². The summed E-state index contributed by atoms with van der Waals surface area (Å²) in [6.45, 7) is 2.31. The van der Waals surface area contributed by atoms with Crippen molar-refractivity contribution in [2.75, 3.05) is 20.2 Å². The van der Waals surface area contributed by atoms with Crippen LogP contribution < -0.4 is 15.4 Å². The van der Waals surface area contributed by atoms with Crippen molar-refractivity contribution in [2.45, 2.75) is 24.9 Å². The summed E-state index contributed by atoms with van der Waals surface area (Å²) in [6, 6.07) is 10.0. The molecule has 7 heteroatoms. The Hall–Kier alpha value is -3.19. The molecule has 0 radical (unpaired) electrons. The lowest BCUT2D eigenvalue weighted by Crippen LogP contribution is -2.72. The molecule has 4 heterocycles. The Balaban J connectivity index is 1.44. The van der Waals surface area contributed by atoms with Gasteiger partial charge in [-0.2, -0.15) is 5.10 Å². The van der Waals surface area contributed by atoms with Crippen molar-refractivity contribution in [3.8, 4) is 28.3 Å². The summed E-state index contributed by atoms with van der Waals surface area (Å²) < 4.78 is 7.18. The first-order valence-corrected chi connectivity index (χ1v) is 9.92. The summed E-state index contributed by atoms with van der Waals surface area (Å²) in [4.78, 5) is 17.5. The number of hydrogen-bond donors (Lipinski definition) is 2. The fraction of sp³-hybridized carbons (Fsp3) is 0.318. The quantitative estimate of drug-likeness (QED) is 0.701. The molecule has 7 nitrogen and oxygen atoms in total. The number of amides is 1. The highest BCUT2D eigenvalue weighted by Gasteiger charge is 2.45. The summed E-state index contributed by atoms with van der Waals surface area (Å²) in [5, 5.41) is 11.4. The van der Waals surface area contributed by atoms with Crippen LogP contribution >= 0.6 is 0 Å². The van der Waals surface area contributed by atoms with Gasteiger partial charge < -0.3 is 15.4 Å². The van der Waals surface area contributed by atoms with Crippen molar-refractivity contribution < 1.29 is 9.53 Å². The minimum absolute atomic E-state index is 0.000570. The molecule has 146 valence electrons. The molecule has 1 amide bonds. The molecule has 0 bridgehead atoms. The standard InChI is InChI=1S/C22H21N5O2/c1-29-15-5-2-13(3-6-15)18-8-17-14(9-24-18)4-7-16-19(17)26-27-12-22(10-23-11-22)25-21(28)20(16)27/h2-3,5-6,8-9,23H,4,7,10-12H2,1H3,(H,25,28). The molecule has 3 aliphatic rings. The van der Waals surface area contributed by atoms with Crippen LogP contribution in [0.3, 0.4) is 0 Å². The van der Waals surface area contributed by atoms with E-state index < -0.39 is 0 Å². The van der Waals surface area contributed by atoms with Gasteiger partial charge in [-0.1, -0.05) is 0 Å². The van der Waals surface area contributed by atoms with Crippen LogP contribution in [-0.2, 0) is 19.4 Å². The van der Waals surface area contributed by atoms with Gasteiger partial charge in [-0.05, 0) is 48.7 Å². The van der Waals surface area contributed by atoms with E-state index in [4.69, 9.17) is 9.84 Å². The maximum Gasteiger partial charge on any atom is 0.270 e. The number of benzene rings is 1. The number of carbonyl (C=O) groups is 1. The van der Waals surface area contributed by atoms with Gasteiger partial charge in [0.1, 0.15) is 11.4 Å². The van der Waals surface area contributed by atoms with Crippen molar-refractivity contribution in [2.24, 2.45) is 0 Å². The second kappa shape index (κ2) is 5.90. The van der Waals surface area contributed by atoms with Crippen LogP contribution in [0.2, 0.25) is 0 Å². The zero-order valence-corrected chi connectivity index (χ0v) is 16.2. The number of fused-ring (bicyclic) bond motifs is 5. The molecule has 0 saturated carbocycles. The Bertz CT molecular complexity index is 1140. The first-order valence-electron chi connectivity index (χ1n) is 9.92. The van der Waals surface area contributed by atoms with E-state index >= 15 is 0 Å². The molecule has 2 aliphatic heterocycles. The molecule has 1 fully saturated rings. The predicted molar refractivity (Wildman–Crippen MR) is 108 cm³/mol. The van der Waals surface area contributed by atoms with Gasteiger partial charge in [-0.25, -0.2) is 0 Å². The van der Waals surface area contributed by atoms with Crippen LogP contribution in [0.15, 0.2) is 36.5 Å². The average Bonchev–Trinajstić information content (AvgIpc) is 3.11. The van der Waals surface area contributed by atoms with Crippen LogP contribution in [-0.4, -0.2) is 46.4 Å². The molecule has 2 N–H and O–H groups in total. The zero-order valence-electron chi connectivity index (χ0n) is 16.2. The lowest BCUT2D eigenvalue weighted by Gasteiger charge is -2.45. The minimum Gasteiger partial charge on any atom is -0.497 e. The average molecular weight is 387 g/mol. The highest BCUT2D eigenvalue weighted by molar-refractivity contribution is 5.97. The SMILES string of the molecule is COc1ccc(-c2cc3c(cn2)CCc2c-3nn3c2C(=O)NC2(CNC2)C3)cc1. The molecular formula is C22H21N5O2. The third-order valence-corrected chi connectivity index (χ3v) is 6.30. The maximum atomic E-state index is 12.9. The van der Waals surface area contributed by atoms with Gasteiger partial charge >= 0.3 is 0 Å². The predicted octanol–water partition coefficient (Wildman–Crippen LogP) is 1.80. The molecule has 2 aromatic heterocycles. The van der Waals surface area contributed by atoms with Crippen LogP contribution in [0.4, 0.5) is 0 Å². The first kappa shape index (κ1) is 16.7. The van der Waals surface area contributed by atoms with E-state index in [0.29, 0.717) is 0 Å². The molecular weight excluding hydrogens is 366 g/mol. The molecule has 1 spiro atoms.